The van der Waals surface area contributed by atoms with Gasteiger partial charge in [0.15, 0.2) is 0 Å². The van der Waals surface area contributed by atoms with Crippen molar-refractivity contribution in [3.63, 3.8) is 0 Å². The van der Waals surface area contributed by atoms with E-state index in [0.29, 0.717) is 24.4 Å². The second-order valence-corrected chi connectivity index (χ2v) is 4.14. The van der Waals surface area contributed by atoms with Crippen molar-refractivity contribution in [1.82, 2.24) is 0 Å². The summed E-state index contributed by atoms with van der Waals surface area (Å²) in [5, 5.41) is 11.5. The van der Waals surface area contributed by atoms with Crippen molar-refractivity contribution in [1.29, 1.82) is 0 Å². The van der Waals surface area contributed by atoms with E-state index in [-0.39, 0.29) is 12.4 Å². The highest BCUT2D eigenvalue weighted by atomic mass is 16.5. The molecule has 0 aliphatic rings. The Balaban J connectivity index is 2.51. The van der Waals surface area contributed by atoms with Gasteiger partial charge in [0.05, 0.1) is 18.6 Å². The van der Waals surface area contributed by atoms with E-state index in [1.165, 1.54) is 0 Å². The van der Waals surface area contributed by atoms with Crippen molar-refractivity contribution in [3.8, 4) is 0 Å². The molecule has 0 bridgehead atoms. The predicted octanol–water partition coefficient (Wildman–Crippen LogP) is 2.53. The Morgan fingerprint density at radius 3 is 2.84 bits per heavy atom. The molecular weight excluding hydrogens is 246 g/mol. The van der Waals surface area contributed by atoms with Crippen LogP contribution in [0.2, 0.25) is 0 Å². The number of esters is 1. The maximum absolute atomic E-state index is 11.7. The summed E-state index contributed by atoms with van der Waals surface area (Å²) in [6.07, 6.45) is 1.86. The number of benzene rings is 1. The van der Waals surface area contributed by atoms with Gasteiger partial charge in [0.2, 0.25) is 0 Å². The first-order chi connectivity index (χ1) is 9.13. The van der Waals surface area contributed by atoms with E-state index in [2.05, 4.69) is 5.32 Å². The number of anilines is 1. The average molecular weight is 265 g/mol. The topological polar surface area (TPSA) is 75.6 Å². The zero-order valence-electron chi connectivity index (χ0n) is 11.0. The molecule has 0 aromatic heterocycles. The Kier molecular flexibility index (Phi) is 6.43. The molecule has 1 rings (SSSR count). The number of carboxylic acids is 1. The summed E-state index contributed by atoms with van der Waals surface area (Å²) in [6.45, 7) is 2.77. The van der Waals surface area contributed by atoms with Crippen molar-refractivity contribution in [2.75, 3.05) is 18.5 Å². The zero-order chi connectivity index (χ0) is 14.1. The molecule has 0 amide bonds. The van der Waals surface area contributed by atoms with Gasteiger partial charge < -0.3 is 15.2 Å². The van der Waals surface area contributed by atoms with E-state index in [9.17, 15) is 9.59 Å². The molecule has 0 heterocycles. The van der Waals surface area contributed by atoms with Gasteiger partial charge in [0.25, 0.3) is 0 Å². The van der Waals surface area contributed by atoms with Crippen LogP contribution in [0.3, 0.4) is 0 Å². The minimum absolute atomic E-state index is 0.0329. The SMILES string of the molecule is CCCCOC(=O)c1cccc(NCCC(=O)O)c1. The number of nitrogens with one attached hydrogen (secondary N) is 1. The zero-order valence-corrected chi connectivity index (χ0v) is 11.0. The minimum atomic E-state index is -0.859. The average Bonchev–Trinajstić information content (AvgIpc) is 2.39. The van der Waals surface area contributed by atoms with E-state index in [4.69, 9.17) is 9.84 Å². The maximum Gasteiger partial charge on any atom is 0.338 e. The number of carboxylic acid groups (broad SMARTS) is 1. The number of hydrogen-bond acceptors (Lipinski definition) is 4. The second-order valence-electron chi connectivity index (χ2n) is 4.14. The Morgan fingerprint density at radius 2 is 2.16 bits per heavy atom. The van der Waals surface area contributed by atoms with Crippen LogP contribution >= 0.6 is 0 Å². The largest absolute Gasteiger partial charge is 0.481 e. The normalized spacial score (nSPS) is 9.95. The Bertz CT molecular complexity index is 431. The highest BCUT2D eigenvalue weighted by Gasteiger charge is 2.07. The summed E-state index contributed by atoms with van der Waals surface area (Å²) in [5.41, 5.74) is 1.18. The predicted molar refractivity (Wildman–Crippen MR) is 72.4 cm³/mol. The second kappa shape index (κ2) is 8.13. The van der Waals surface area contributed by atoms with E-state index >= 15 is 0 Å². The van der Waals surface area contributed by atoms with Crippen LogP contribution in [0.5, 0.6) is 0 Å². The van der Waals surface area contributed by atoms with Gasteiger partial charge in [-0.05, 0) is 24.6 Å². The smallest absolute Gasteiger partial charge is 0.338 e. The minimum Gasteiger partial charge on any atom is -0.481 e. The summed E-state index contributed by atoms with van der Waals surface area (Å²) in [6, 6.07) is 6.86. The van der Waals surface area contributed by atoms with Crippen molar-refractivity contribution >= 4 is 17.6 Å². The van der Waals surface area contributed by atoms with E-state index in [0.717, 1.165) is 12.8 Å². The molecule has 0 aliphatic carbocycles. The molecule has 5 heteroatoms. The fourth-order valence-corrected chi connectivity index (χ4v) is 1.46. The molecule has 104 valence electrons. The first kappa shape index (κ1) is 15.0. The number of carbonyl (C=O) groups excluding carboxylic acids is 1. The van der Waals surface area contributed by atoms with Gasteiger partial charge in [-0.2, -0.15) is 0 Å². The lowest BCUT2D eigenvalue weighted by atomic mass is 10.2. The summed E-state index contributed by atoms with van der Waals surface area (Å²) in [5.74, 6) is -1.21. The van der Waals surface area contributed by atoms with Gasteiger partial charge in [-0.3, -0.25) is 4.79 Å². The molecule has 0 saturated heterocycles. The first-order valence-corrected chi connectivity index (χ1v) is 6.36. The molecule has 0 radical (unpaired) electrons. The number of hydrogen-bond donors (Lipinski definition) is 2. The van der Waals surface area contributed by atoms with Crippen LogP contribution < -0.4 is 5.32 Å². The molecule has 0 fully saturated rings. The van der Waals surface area contributed by atoms with Gasteiger partial charge in [-0.25, -0.2) is 4.79 Å². The molecule has 2 N–H and O–H groups in total. The van der Waals surface area contributed by atoms with Crippen molar-refractivity contribution in [3.05, 3.63) is 29.8 Å². The molecule has 19 heavy (non-hydrogen) atoms. The highest BCUT2D eigenvalue weighted by molar-refractivity contribution is 5.90. The summed E-state index contributed by atoms with van der Waals surface area (Å²) >= 11 is 0. The fourth-order valence-electron chi connectivity index (χ4n) is 1.46. The molecule has 1 aromatic rings. The third-order valence-electron chi connectivity index (χ3n) is 2.50. The molecule has 0 atom stereocenters. The summed E-state index contributed by atoms with van der Waals surface area (Å²) < 4.78 is 5.11. The molecule has 0 spiro atoms. The molecule has 5 nitrogen and oxygen atoms in total. The van der Waals surface area contributed by atoms with Gasteiger partial charge in [-0.1, -0.05) is 19.4 Å². The quantitative estimate of drug-likeness (QED) is 0.558. The van der Waals surface area contributed by atoms with E-state index < -0.39 is 5.97 Å². The maximum atomic E-state index is 11.7. The Morgan fingerprint density at radius 1 is 1.37 bits per heavy atom. The molecule has 1 aromatic carbocycles. The van der Waals surface area contributed by atoms with Gasteiger partial charge in [0.1, 0.15) is 0 Å². The number of rotatable bonds is 8. The molecule has 0 unspecified atom stereocenters. The first-order valence-electron chi connectivity index (χ1n) is 6.36. The monoisotopic (exact) mass is 265 g/mol. The van der Waals surface area contributed by atoms with Gasteiger partial charge in [-0.15, -0.1) is 0 Å². The van der Waals surface area contributed by atoms with Crippen molar-refractivity contribution < 1.29 is 19.4 Å². The Hall–Kier alpha value is -2.04. The summed E-state index contributed by atoms with van der Waals surface area (Å²) in [7, 11) is 0. The molecule has 0 aliphatic heterocycles. The molecular formula is C14H19NO4. The number of unbranched alkanes of at least 4 members (excludes halogenated alkanes) is 1. The van der Waals surface area contributed by atoms with Crippen LogP contribution in [0.4, 0.5) is 5.69 Å². The van der Waals surface area contributed by atoms with Crippen LogP contribution in [-0.4, -0.2) is 30.2 Å². The van der Waals surface area contributed by atoms with Crippen LogP contribution in [-0.2, 0) is 9.53 Å². The van der Waals surface area contributed by atoms with Gasteiger partial charge >= 0.3 is 11.9 Å². The third kappa shape index (κ3) is 5.90. The lowest BCUT2D eigenvalue weighted by molar-refractivity contribution is -0.136. The number of aliphatic carboxylic acids is 1. The summed E-state index contributed by atoms with van der Waals surface area (Å²) in [4.78, 5) is 22.1. The van der Waals surface area contributed by atoms with E-state index in [1.807, 2.05) is 6.92 Å². The Labute approximate surface area is 112 Å². The van der Waals surface area contributed by atoms with E-state index in [1.54, 1.807) is 24.3 Å². The lowest BCUT2D eigenvalue weighted by Gasteiger charge is -2.07. The van der Waals surface area contributed by atoms with Crippen LogP contribution in [0.15, 0.2) is 24.3 Å². The van der Waals surface area contributed by atoms with Crippen LogP contribution in [0, 0.1) is 0 Å². The number of carbonyl (C=O) groups is 2. The van der Waals surface area contributed by atoms with Crippen LogP contribution in [0.25, 0.3) is 0 Å². The van der Waals surface area contributed by atoms with Crippen molar-refractivity contribution in [2.45, 2.75) is 26.2 Å². The van der Waals surface area contributed by atoms with Gasteiger partial charge in [0, 0.05) is 12.2 Å². The number of ether oxygens (including phenoxy) is 1. The van der Waals surface area contributed by atoms with Crippen molar-refractivity contribution in [2.24, 2.45) is 0 Å². The lowest BCUT2D eigenvalue weighted by Crippen LogP contribution is -2.09. The fraction of sp³-hybridized carbons (Fsp3) is 0.429. The highest BCUT2D eigenvalue weighted by Crippen LogP contribution is 2.12. The van der Waals surface area contributed by atoms with Crippen LogP contribution in [0.1, 0.15) is 36.5 Å². The third-order valence-corrected chi connectivity index (χ3v) is 2.50. The standard InChI is InChI=1S/C14H19NO4/c1-2-3-9-19-14(18)11-5-4-6-12(10-11)15-8-7-13(16)17/h4-6,10,15H,2-3,7-9H2,1H3,(H,16,17). The molecule has 0 saturated carbocycles.